The highest BCUT2D eigenvalue weighted by Gasteiger charge is 2.25. The number of hydrogen-bond acceptors (Lipinski definition) is 3. The summed E-state index contributed by atoms with van der Waals surface area (Å²) in [5, 5.41) is 2.64. The normalized spacial score (nSPS) is 12.3. The first-order valence-electron chi connectivity index (χ1n) is 7.53. The van der Waals surface area contributed by atoms with Gasteiger partial charge < -0.3 is 5.32 Å². The number of amides is 1. The van der Waals surface area contributed by atoms with Gasteiger partial charge in [0, 0.05) is 6.54 Å². The molecule has 0 saturated heterocycles. The third-order valence-electron chi connectivity index (χ3n) is 3.37. The molecular weight excluding hydrogens is 324 g/mol. The molecule has 24 heavy (non-hydrogen) atoms. The Morgan fingerprint density at radius 3 is 2.21 bits per heavy atom. The Balaban J connectivity index is 2.22. The highest BCUT2D eigenvalue weighted by atomic mass is 32.2. The van der Waals surface area contributed by atoms with Crippen LogP contribution in [0.3, 0.4) is 0 Å². The van der Waals surface area contributed by atoms with Crippen LogP contribution in [0.4, 0.5) is 0 Å². The molecule has 0 unspecified atom stereocenters. The van der Waals surface area contributed by atoms with Crippen molar-refractivity contribution in [3.63, 3.8) is 0 Å². The van der Waals surface area contributed by atoms with Gasteiger partial charge in [-0.15, -0.1) is 6.58 Å². The molecule has 5 nitrogen and oxygen atoms in total. The summed E-state index contributed by atoms with van der Waals surface area (Å²) in [6.45, 7) is 3.82. The van der Waals surface area contributed by atoms with Crippen molar-refractivity contribution in [2.24, 2.45) is 0 Å². The van der Waals surface area contributed by atoms with Gasteiger partial charge in [-0.3, -0.25) is 4.79 Å². The molecule has 1 atom stereocenters. The molecule has 0 aliphatic heterocycles. The average Bonchev–Trinajstić information content (AvgIpc) is 2.60. The Morgan fingerprint density at radius 1 is 1.04 bits per heavy atom. The van der Waals surface area contributed by atoms with Gasteiger partial charge >= 0.3 is 0 Å². The molecule has 1 amide bonds. The van der Waals surface area contributed by atoms with E-state index in [0.29, 0.717) is 0 Å². The van der Waals surface area contributed by atoms with Crippen LogP contribution in [0, 0.1) is 0 Å². The van der Waals surface area contributed by atoms with Crippen molar-refractivity contribution in [3.8, 4) is 0 Å². The van der Waals surface area contributed by atoms with E-state index in [4.69, 9.17) is 0 Å². The summed E-state index contributed by atoms with van der Waals surface area (Å²) in [6, 6.07) is 16.3. The van der Waals surface area contributed by atoms with Gasteiger partial charge in [0.25, 0.3) is 0 Å². The summed E-state index contributed by atoms with van der Waals surface area (Å²) >= 11 is 0. The summed E-state index contributed by atoms with van der Waals surface area (Å²) in [5.74, 6) is -0.391. The van der Waals surface area contributed by atoms with Crippen molar-refractivity contribution in [1.82, 2.24) is 10.0 Å². The second-order valence-electron chi connectivity index (χ2n) is 5.21. The number of benzene rings is 2. The molecule has 0 aromatic heterocycles. The van der Waals surface area contributed by atoms with Crippen LogP contribution in [0.5, 0.6) is 0 Å². The van der Waals surface area contributed by atoms with Gasteiger partial charge in [-0.25, -0.2) is 8.42 Å². The Bertz CT molecular complexity index is 774. The minimum atomic E-state index is -3.79. The lowest BCUT2D eigenvalue weighted by molar-refractivity contribution is -0.122. The van der Waals surface area contributed by atoms with Crippen LogP contribution >= 0.6 is 0 Å². The molecular formula is C18H20N2O3S. The summed E-state index contributed by atoms with van der Waals surface area (Å²) in [4.78, 5) is 12.5. The number of carbonyl (C=O) groups excluding carboxylic acids is 1. The van der Waals surface area contributed by atoms with E-state index in [0.717, 1.165) is 5.56 Å². The van der Waals surface area contributed by atoms with E-state index in [1.165, 1.54) is 12.1 Å². The summed E-state index contributed by atoms with van der Waals surface area (Å²) in [6.07, 6.45) is 1.80. The molecule has 2 rings (SSSR count). The van der Waals surface area contributed by atoms with E-state index in [2.05, 4.69) is 16.6 Å². The number of nitrogens with one attached hydrogen (secondary N) is 2. The lowest BCUT2D eigenvalue weighted by atomic mass is 10.1. The molecule has 0 spiro atoms. The second kappa shape index (κ2) is 8.42. The van der Waals surface area contributed by atoms with Crippen molar-refractivity contribution in [2.45, 2.75) is 17.4 Å². The predicted molar refractivity (Wildman–Crippen MR) is 93.9 cm³/mol. The summed E-state index contributed by atoms with van der Waals surface area (Å²) < 4.78 is 27.5. The fraction of sp³-hybridized carbons (Fsp3) is 0.167. The molecule has 0 radical (unpaired) electrons. The van der Waals surface area contributed by atoms with Crippen molar-refractivity contribution in [2.75, 3.05) is 6.54 Å². The molecule has 126 valence electrons. The maximum Gasteiger partial charge on any atom is 0.241 e. The van der Waals surface area contributed by atoms with Gasteiger partial charge in [0.15, 0.2) is 0 Å². The largest absolute Gasteiger partial charge is 0.351 e. The molecule has 2 N–H and O–H groups in total. The minimum Gasteiger partial charge on any atom is -0.351 e. The molecule has 0 aliphatic carbocycles. The Labute approximate surface area is 142 Å². The van der Waals surface area contributed by atoms with Crippen molar-refractivity contribution in [3.05, 3.63) is 78.9 Å². The monoisotopic (exact) mass is 344 g/mol. The van der Waals surface area contributed by atoms with E-state index in [9.17, 15) is 13.2 Å². The van der Waals surface area contributed by atoms with Crippen molar-refractivity contribution in [1.29, 1.82) is 0 Å². The molecule has 0 heterocycles. The lowest BCUT2D eigenvalue weighted by Gasteiger charge is -2.18. The lowest BCUT2D eigenvalue weighted by Crippen LogP contribution is -2.47. The predicted octanol–water partition coefficient (Wildman–Crippen LogP) is 1.88. The van der Waals surface area contributed by atoms with Crippen LogP contribution in [0.1, 0.15) is 5.56 Å². The molecule has 6 heteroatoms. The Hall–Kier alpha value is -2.44. The Morgan fingerprint density at radius 2 is 1.62 bits per heavy atom. The SMILES string of the molecule is C=CCNC(=O)[C@H](Cc1ccccc1)NS(=O)(=O)c1ccccc1. The van der Waals surface area contributed by atoms with Crippen molar-refractivity contribution >= 4 is 15.9 Å². The number of hydrogen-bond donors (Lipinski definition) is 2. The van der Waals surface area contributed by atoms with Gasteiger partial charge in [-0.1, -0.05) is 54.6 Å². The van der Waals surface area contributed by atoms with Crippen LogP contribution < -0.4 is 10.0 Å². The molecule has 0 aliphatic rings. The first-order valence-corrected chi connectivity index (χ1v) is 9.01. The van der Waals surface area contributed by atoms with Crippen LogP contribution in [-0.2, 0) is 21.2 Å². The van der Waals surface area contributed by atoms with E-state index < -0.39 is 22.0 Å². The maximum absolute atomic E-state index is 12.5. The first-order chi connectivity index (χ1) is 11.5. The average molecular weight is 344 g/mol. The first kappa shape index (κ1) is 17.9. The van der Waals surface area contributed by atoms with Crippen LogP contribution in [0.15, 0.2) is 78.2 Å². The van der Waals surface area contributed by atoms with E-state index in [1.807, 2.05) is 30.3 Å². The van der Waals surface area contributed by atoms with Crippen molar-refractivity contribution < 1.29 is 13.2 Å². The van der Waals surface area contributed by atoms with Gasteiger partial charge in [0.2, 0.25) is 15.9 Å². The zero-order valence-electron chi connectivity index (χ0n) is 13.2. The molecule has 0 saturated carbocycles. The molecule has 2 aromatic rings. The van der Waals surface area contributed by atoms with Crippen LogP contribution in [0.25, 0.3) is 0 Å². The highest BCUT2D eigenvalue weighted by Crippen LogP contribution is 2.11. The maximum atomic E-state index is 12.5. The topological polar surface area (TPSA) is 75.3 Å². The summed E-state index contributed by atoms with van der Waals surface area (Å²) in [7, 11) is -3.79. The zero-order valence-corrected chi connectivity index (χ0v) is 14.0. The van der Waals surface area contributed by atoms with Gasteiger partial charge in [-0.05, 0) is 24.1 Å². The molecule has 0 bridgehead atoms. The number of sulfonamides is 1. The minimum absolute atomic E-state index is 0.125. The van der Waals surface area contributed by atoms with E-state index >= 15 is 0 Å². The van der Waals surface area contributed by atoms with Gasteiger partial charge in [0.05, 0.1) is 4.90 Å². The third-order valence-corrected chi connectivity index (χ3v) is 4.86. The van der Waals surface area contributed by atoms with E-state index in [-0.39, 0.29) is 17.9 Å². The van der Waals surface area contributed by atoms with Gasteiger partial charge in [0.1, 0.15) is 6.04 Å². The molecule has 0 fully saturated rings. The second-order valence-corrected chi connectivity index (χ2v) is 6.92. The standard InChI is InChI=1S/C18H20N2O3S/c1-2-13-19-18(21)17(14-15-9-5-3-6-10-15)20-24(22,23)16-11-7-4-8-12-16/h2-12,17,20H,1,13-14H2,(H,19,21)/t17-/m0/s1. The number of carbonyl (C=O) groups is 1. The number of rotatable bonds is 8. The Kier molecular flexibility index (Phi) is 6.28. The fourth-order valence-corrected chi connectivity index (χ4v) is 3.41. The molecule has 2 aromatic carbocycles. The summed E-state index contributed by atoms with van der Waals surface area (Å²) in [5.41, 5.74) is 0.868. The smallest absolute Gasteiger partial charge is 0.241 e. The third kappa shape index (κ3) is 5.04. The van der Waals surface area contributed by atoms with E-state index in [1.54, 1.807) is 24.3 Å². The fourth-order valence-electron chi connectivity index (χ4n) is 2.19. The zero-order chi connectivity index (χ0) is 17.4. The van der Waals surface area contributed by atoms with Gasteiger partial charge in [-0.2, -0.15) is 4.72 Å². The quantitative estimate of drug-likeness (QED) is 0.718. The van der Waals surface area contributed by atoms with Crippen LogP contribution in [0.2, 0.25) is 0 Å². The highest BCUT2D eigenvalue weighted by molar-refractivity contribution is 7.89. The van der Waals surface area contributed by atoms with Crippen LogP contribution in [-0.4, -0.2) is 26.9 Å².